The third-order valence-corrected chi connectivity index (χ3v) is 0.434. The molecule has 0 aromatic heterocycles. The number of allylic oxidation sites excluding steroid dienone is 1. The van der Waals surface area contributed by atoms with Crippen molar-refractivity contribution in [1.29, 1.82) is 0 Å². The minimum atomic E-state index is 1.53. The van der Waals surface area contributed by atoms with Crippen molar-refractivity contribution in [2.75, 3.05) is 0 Å². The highest BCUT2D eigenvalue weighted by Crippen LogP contribution is 1.56. The monoisotopic (exact) mass is 102 g/mol. The van der Waals surface area contributed by atoms with Crippen LogP contribution in [-0.2, 0) is 0 Å². The lowest BCUT2D eigenvalue weighted by Gasteiger charge is -1.53. The molecule has 0 bridgehead atoms. The van der Waals surface area contributed by atoms with E-state index >= 15 is 0 Å². The molecule has 0 amide bonds. The summed E-state index contributed by atoms with van der Waals surface area (Å²) < 4.78 is 0. The molecular weight excluding hydrogens is 96.1 g/mol. The molecule has 0 saturated heterocycles. The molecule has 0 aliphatic rings. The first kappa shape index (κ1) is 6.64. The lowest BCUT2D eigenvalue weighted by atomic mass is 10.5. The van der Waals surface area contributed by atoms with Crippen LogP contribution in [0.4, 0.5) is 0 Å². The van der Waals surface area contributed by atoms with Gasteiger partial charge in [-0.1, -0.05) is 18.4 Å². The molecule has 0 fully saturated rings. The highest BCUT2D eigenvalue weighted by molar-refractivity contribution is 5.29. The van der Waals surface area contributed by atoms with Crippen LogP contribution >= 0.6 is 0 Å². The molecule has 0 atom stereocenters. The topological polar surface area (TPSA) is 0 Å². The molecular formula is C8H6. The Morgan fingerprint density at radius 1 is 1.38 bits per heavy atom. The maximum Gasteiger partial charge on any atom is 0.0306 e. The number of hydrogen-bond acceptors (Lipinski definition) is 0. The molecule has 0 rings (SSSR count). The van der Waals surface area contributed by atoms with Crippen LogP contribution in [0.1, 0.15) is 6.92 Å². The van der Waals surface area contributed by atoms with Gasteiger partial charge in [0.25, 0.3) is 0 Å². The van der Waals surface area contributed by atoms with Crippen molar-refractivity contribution >= 4 is 0 Å². The van der Waals surface area contributed by atoms with Crippen LogP contribution in [0, 0.1) is 23.7 Å². The largest absolute Gasteiger partial charge is 0.120 e. The van der Waals surface area contributed by atoms with E-state index in [0.717, 1.165) is 0 Å². The standard InChI is InChI=1S/C8H6/c1-3-5-7-8-6-4-2/h5H,1H2,2H3. The van der Waals surface area contributed by atoms with Crippen LogP contribution < -0.4 is 0 Å². The maximum atomic E-state index is 3.33. The van der Waals surface area contributed by atoms with Gasteiger partial charge in [0.15, 0.2) is 0 Å². The molecule has 0 saturated carbocycles. The van der Waals surface area contributed by atoms with Crippen LogP contribution in [-0.4, -0.2) is 0 Å². The van der Waals surface area contributed by atoms with E-state index in [1.807, 2.05) is 0 Å². The zero-order chi connectivity index (χ0) is 6.24. The summed E-state index contributed by atoms with van der Waals surface area (Å²) in [6.07, 6.45) is 1.53. The number of hydrogen-bond donors (Lipinski definition) is 0. The lowest BCUT2D eigenvalue weighted by molar-refractivity contribution is 1.92. The Bertz CT molecular complexity index is 206. The van der Waals surface area contributed by atoms with Crippen molar-refractivity contribution in [1.82, 2.24) is 0 Å². The van der Waals surface area contributed by atoms with Crippen molar-refractivity contribution in [3.63, 3.8) is 0 Å². The van der Waals surface area contributed by atoms with Gasteiger partial charge in [0.2, 0.25) is 0 Å². The Labute approximate surface area is 49.9 Å². The van der Waals surface area contributed by atoms with E-state index in [0.29, 0.717) is 0 Å². The van der Waals surface area contributed by atoms with Crippen LogP contribution in [0.2, 0.25) is 0 Å². The zero-order valence-electron chi connectivity index (χ0n) is 4.78. The second kappa shape index (κ2) is 5.64. The van der Waals surface area contributed by atoms with Crippen molar-refractivity contribution in [3.05, 3.63) is 18.4 Å². The van der Waals surface area contributed by atoms with E-state index in [1.54, 1.807) is 6.92 Å². The molecule has 0 unspecified atom stereocenters. The molecule has 38 valence electrons. The summed E-state index contributed by atoms with van der Waals surface area (Å²) in [5.41, 5.74) is 2.51. The normalized spacial score (nSPS) is 4.12. The van der Waals surface area contributed by atoms with Crippen molar-refractivity contribution in [2.24, 2.45) is 0 Å². The molecule has 0 nitrogen and oxygen atoms in total. The molecule has 0 aromatic carbocycles. The average molecular weight is 102 g/mol. The third-order valence-electron chi connectivity index (χ3n) is 0.434. The van der Waals surface area contributed by atoms with E-state index in [-0.39, 0.29) is 0 Å². The fourth-order valence-electron chi connectivity index (χ4n) is 0.186. The second-order valence-corrected chi connectivity index (χ2v) is 0.993. The summed E-state index contributed by atoms with van der Waals surface area (Å²) >= 11 is 0. The minimum absolute atomic E-state index is 1.53. The Morgan fingerprint density at radius 3 is 2.62 bits per heavy atom. The quantitative estimate of drug-likeness (QED) is 0.320. The van der Waals surface area contributed by atoms with Gasteiger partial charge < -0.3 is 0 Å². The Balaban J connectivity index is 3.80. The van der Waals surface area contributed by atoms with Crippen molar-refractivity contribution in [2.45, 2.75) is 6.92 Å². The van der Waals surface area contributed by atoms with Crippen LogP contribution in [0.3, 0.4) is 0 Å². The Morgan fingerprint density at radius 2 is 2.12 bits per heavy atom. The van der Waals surface area contributed by atoms with E-state index in [2.05, 4.69) is 36.0 Å². The highest BCUT2D eigenvalue weighted by atomic mass is 13.5. The predicted molar refractivity (Wildman–Crippen MR) is 34.9 cm³/mol. The van der Waals surface area contributed by atoms with Gasteiger partial charge in [-0.05, 0) is 18.8 Å². The van der Waals surface area contributed by atoms with Crippen LogP contribution in [0.25, 0.3) is 0 Å². The first-order valence-corrected chi connectivity index (χ1v) is 2.18. The molecule has 0 spiro atoms. The highest BCUT2D eigenvalue weighted by Gasteiger charge is 1.48. The van der Waals surface area contributed by atoms with Gasteiger partial charge in [-0.2, -0.15) is 0 Å². The van der Waals surface area contributed by atoms with E-state index in [1.165, 1.54) is 6.08 Å². The summed E-state index contributed by atoms with van der Waals surface area (Å²) in [4.78, 5) is 0. The number of rotatable bonds is 0. The van der Waals surface area contributed by atoms with E-state index < -0.39 is 0 Å². The molecule has 0 heterocycles. The fraction of sp³-hybridized carbons (Fsp3) is 0.125. The minimum Gasteiger partial charge on any atom is -0.120 e. The summed E-state index contributed by atoms with van der Waals surface area (Å²) in [6.45, 7) is 5.07. The summed E-state index contributed by atoms with van der Waals surface area (Å²) in [5, 5.41) is 0. The molecule has 0 aromatic rings. The Hall–Kier alpha value is -1.36. The van der Waals surface area contributed by atoms with Gasteiger partial charge in [-0.25, -0.2) is 0 Å². The van der Waals surface area contributed by atoms with Crippen LogP contribution in [0.5, 0.6) is 0 Å². The molecule has 0 aliphatic heterocycles. The van der Waals surface area contributed by atoms with Gasteiger partial charge in [0.05, 0.1) is 0 Å². The van der Waals surface area contributed by atoms with Gasteiger partial charge in [-0.15, -0.1) is 5.73 Å². The molecule has 0 heteroatoms. The summed E-state index contributed by atoms with van der Waals surface area (Å²) in [5.74, 6) is 10.4. The van der Waals surface area contributed by atoms with E-state index in [4.69, 9.17) is 0 Å². The lowest BCUT2D eigenvalue weighted by Crippen LogP contribution is -1.46. The average Bonchev–Trinajstić information content (AvgIpc) is 1.81. The van der Waals surface area contributed by atoms with Crippen molar-refractivity contribution < 1.29 is 0 Å². The molecule has 0 radical (unpaired) electrons. The first-order chi connectivity index (χ1) is 3.91. The molecule has 8 heavy (non-hydrogen) atoms. The third kappa shape index (κ3) is 4.64. The smallest absolute Gasteiger partial charge is 0.0306 e. The van der Waals surface area contributed by atoms with Gasteiger partial charge >= 0.3 is 0 Å². The van der Waals surface area contributed by atoms with Crippen molar-refractivity contribution in [3.8, 4) is 23.7 Å². The maximum absolute atomic E-state index is 3.33. The van der Waals surface area contributed by atoms with Gasteiger partial charge in [-0.3, -0.25) is 0 Å². The SMILES string of the molecule is C=C=CC#CC#CC. The fourth-order valence-corrected chi connectivity index (χ4v) is 0.186. The van der Waals surface area contributed by atoms with Gasteiger partial charge in [0, 0.05) is 6.08 Å². The summed E-state index contributed by atoms with van der Waals surface area (Å²) in [7, 11) is 0. The van der Waals surface area contributed by atoms with Crippen LogP contribution in [0.15, 0.2) is 18.4 Å². The first-order valence-electron chi connectivity index (χ1n) is 2.18. The van der Waals surface area contributed by atoms with E-state index in [9.17, 15) is 0 Å². The second-order valence-electron chi connectivity index (χ2n) is 0.993. The Kier molecular flexibility index (Phi) is 4.68. The zero-order valence-corrected chi connectivity index (χ0v) is 4.78. The van der Waals surface area contributed by atoms with Gasteiger partial charge in [0.1, 0.15) is 0 Å². The molecule has 0 aliphatic carbocycles. The summed E-state index contributed by atoms with van der Waals surface area (Å²) in [6, 6.07) is 0. The predicted octanol–water partition coefficient (Wildman–Crippen LogP) is 1.35. The molecule has 0 N–H and O–H groups in total.